The molecule has 0 spiro atoms. The van der Waals surface area contributed by atoms with Gasteiger partial charge >= 0.3 is 0 Å². The quantitative estimate of drug-likeness (QED) is 0.0500. The number of primary amides is 3. The van der Waals surface area contributed by atoms with Crippen LogP contribution in [0.25, 0.3) is 0 Å². The summed E-state index contributed by atoms with van der Waals surface area (Å²) in [7, 11) is 0. The molecular formula is C38H58N10O12. The summed E-state index contributed by atoms with van der Waals surface area (Å²) in [5, 5.41) is 34.0. The van der Waals surface area contributed by atoms with Gasteiger partial charge in [0.2, 0.25) is 59.1 Å². The Labute approximate surface area is 346 Å². The van der Waals surface area contributed by atoms with Gasteiger partial charge in [0.25, 0.3) is 0 Å². The number of likely N-dealkylation sites (tertiary alicyclic amines) is 1. The van der Waals surface area contributed by atoms with Gasteiger partial charge in [0.05, 0.1) is 13.0 Å². The van der Waals surface area contributed by atoms with Gasteiger partial charge in [-0.25, -0.2) is 0 Å². The van der Waals surface area contributed by atoms with E-state index in [0.29, 0.717) is 12.0 Å². The van der Waals surface area contributed by atoms with Crippen LogP contribution >= 0.6 is 0 Å². The zero-order valence-electron chi connectivity index (χ0n) is 34.3. The molecule has 1 heterocycles. The fourth-order valence-corrected chi connectivity index (χ4v) is 6.39. The maximum atomic E-state index is 14.4. The summed E-state index contributed by atoms with van der Waals surface area (Å²) in [6.45, 7) is 7.00. The average molecular weight is 847 g/mol. The van der Waals surface area contributed by atoms with Gasteiger partial charge in [-0.2, -0.15) is 0 Å². The fourth-order valence-electron chi connectivity index (χ4n) is 6.39. The molecule has 22 heteroatoms. The highest BCUT2D eigenvalue weighted by molar-refractivity contribution is 5.99. The van der Waals surface area contributed by atoms with Crippen molar-refractivity contribution in [2.75, 3.05) is 13.2 Å². The number of amides is 10. The van der Waals surface area contributed by atoms with Gasteiger partial charge in [0.1, 0.15) is 48.0 Å². The maximum Gasteiger partial charge on any atom is 0.246 e. The van der Waals surface area contributed by atoms with E-state index in [9.17, 15) is 58.2 Å². The first kappa shape index (κ1) is 49.8. The van der Waals surface area contributed by atoms with Crippen LogP contribution in [0.5, 0.6) is 5.75 Å². The summed E-state index contributed by atoms with van der Waals surface area (Å²) in [4.78, 5) is 130. The van der Waals surface area contributed by atoms with E-state index in [1.54, 1.807) is 27.7 Å². The zero-order chi connectivity index (χ0) is 45.4. The number of hydrogen-bond donors (Lipinski definition) is 11. The third kappa shape index (κ3) is 15.5. The molecule has 0 aromatic heterocycles. The maximum absolute atomic E-state index is 14.4. The first-order valence-corrected chi connectivity index (χ1v) is 19.4. The normalized spacial score (nSPS) is 16.6. The lowest BCUT2D eigenvalue weighted by Crippen LogP contribution is -2.61. The van der Waals surface area contributed by atoms with Crippen molar-refractivity contribution in [2.45, 2.75) is 115 Å². The SMILES string of the molecule is CC(=O)N[C@H](CO)C(=O)N[C@H](CCC(N)=O)C(=O)N[C@H](CC(N)=O)C(=O)N[C@@H](Cc1ccc(O)cc1)C(=O)N1CCC[C@H]1C(=O)N[C@H](C(=O)N[C@H](C(N)=O)C(C)C)C(C)C. The summed E-state index contributed by atoms with van der Waals surface area (Å²) in [6.07, 6.45) is -1.32. The Bertz CT molecular complexity index is 1760. The van der Waals surface area contributed by atoms with Crippen molar-refractivity contribution in [1.82, 2.24) is 36.8 Å². The van der Waals surface area contributed by atoms with E-state index in [1.807, 2.05) is 0 Å². The molecule has 0 saturated carbocycles. The van der Waals surface area contributed by atoms with Crippen molar-refractivity contribution in [2.24, 2.45) is 29.0 Å². The van der Waals surface area contributed by atoms with Crippen LogP contribution in [0.4, 0.5) is 0 Å². The monoisotopic (exact) mass is 846 g/mol. The minimum atomic E-state index is -1.76. The molecule has 1 aromatic carbocycles. The highest BCUT2D eigenvalue weighted by atomic mass is 16.3. The molecule has 1 aromatic rings. The smallest absolute Gasteiger partial charge is 0.246 e. The number of aromatic hydroxyl groups is 1. The van der Waals surface area contributed by atoms with E-state index >= 15 is 0 Å². The van der Waals surface area contributed by atoms with E-state index in [1.165, 1.54) is 29.2 Å². The lowest BCUT2D eigenvalue weighted by atomic mass is 9.99. The number of phenolic OH excluding ortho intramolecular Hbond substituents is 1. The van der Waals surface area contributed by atoms with Crippen LogP contribution in [0, 0.1) is 11.8 Å². The topological polar surface area (TPSA) is 365 Å². The molecule has 1 aliphatic heterocycles. The van der Waals surface area contributed by atoms with E-state index in [2.05, 4.69) is 31.9 Å². The molecule has 10 amide bonds. The van der Waals surface area contributed by atoms with E-state index in [-0.39, 0.29) is 31.1 Å². The molecule has 332 valence electrons. The van der Waals surface area contributed by atoms with Crippen LogP contribution in [0.3, 0.4) is 0 Å². The van der Waals surface area contributed by atoms with Crippen molar-refractivity contribution in [1.29, 1.82) is 0 Å². The zero-order valence-corrected chi connectivity index (χ0v) is 34.3. The number of aliphatic hydroxyl groups is 1. The van der Waals surface area contributed by atoms with Crippen molar-refractivity contribution < 1.29 is 58.2 Å². The van der Waals surface area contributed by atoms with Gasteiger partial charge in [-0.3, -0.25) is 47.9 Å². The van der Waals surface area contributed by atoms with Crippen LogP contribution in [-0.4, -0.2) is 130 Å². The number of carbonyl (C=O) groups is 10. The second kappa shape index (κ2) is 23.3. The van der Waals surface area contributed by atoms with Gasteiger partial charge < -0.3 is 64.2 Å². The first-order chi connectivity index (χ1) is 28.0. The Morgan fingerprint density at radius 3 is 1.77 bits per heavy atom. The minimum absolute atomic E-state index is 0.0600. The molecule has 1 saturated heterocycles. The lowest BCUT2D eigenvalue weighted by molar-refractivity contribution is -0.143. The highest BCUT2D eigenvalue weighted by Crippen LogP contribution is 2.21. The van der Waals surface area contributed by atoms with Gasteiger partial charge in [0, 0.05) is 26.3 Å². The van der Waals surface area contributed by atoms with Crippen molar-refractivity contribution in [3.05, 3.63) is 29.8 Å². The first-order valence-electron chi connectivity index (χ1n) is 19.4. The molecule has 22 nitrogen and oxygen atoms in total. The van der Waals surface area contributed by atoms with E-state index in [0.717, 1.165) is 6.92 Å². The fraction of sp³-hybridized carbons (Fsp3) is 0.579. The molecule has 0 unspecified atom stereocenters. The number of nitrogens with two attached hydrogens (primary N) is 3. The van der Waals surface area contributed by atoms with Gasteiger partial charge in [-0.15, -0.1) is 0 Å². The number of benzene rings is 1. The molecule has 14 N–H and O–H groups in total. The lowest BCUT2D eigenvalue weighted by Gasteiger charge is -2.32. The Balaban J connectivity index is 2.43. The number of rotatable bonds is 23. The molecule has 1 aliphatic rings. The summed E-state index contributed by atoms with van der Waals surface area (Å²) < 4.78 is 0. The molecule has 60 heavy (non-hydrogen) atoms. The van der Waals surface area contributed by atoms with Crippen molar-refractivity contribution >= 4 is 59.1 Å². The number of hydrogen-bond acceptors (Lipinski definition) is 12. The van der Waals surface area contributed by atoms with Gasteiger partial charge in [0.15, 0.2) is 0 Å². The summed E-state index contributed by atoms with van der Waals surface area (Å²) in [5.41, 5.74) is 16.6. The van der Waals surface area contributed by atoms with E-state index < -0.39 is 133 Å². The largest absolute Gasteiger partial charge is 0.508 e. The molecule has 2 rings (SSSR count). The highest BCUT2D eigenvalue weighted by Gasteiger charge is 2.41. The minimum Gasteiger partial charge on any atom is -0.508 e. The number of phenols is 1. The van der Waals surface area contributed by atoms with Crippen molar-refractivity contribution in [3.63, 3.8) is 0 Å². The predicted octanol–water partition coefficient (Wildman–Crippen LogP) is -4.22. The van der Waals surface area contributed by atoms with Crippen LogP contribution < -0.4 is 49.1 Å². The molecular weight excluding hydrogens is 788 g/mol. The van der Waals surface area contributed by atoms with Crippen LogP contribution in [-0.2, 0) is 54.4 Å². The Morgan fingerprint density at radius 2 is 1.25 bits per heavy atom. The third-order valence-electron chi connectivity index (χ3n) is 9.57. The number of aliphatic hydroxyl groups excluding tert-OH is 1. The van der Waals surface area contributed by atoms with Crippen LogP contribution in [0.2, 0.25) is 0 Å². The van der Waals surface area contributed by atoms with Gasteiger partial charge in [-0.05, 0) is 48.8 Å². The van der Waals surface area contributed by atoms with Gasteiger partial charge in [-0.1, -0.05) is 39.8 Å². The van der Waals surface area contributed by atoms with Crippen LogP contribution in [0.15, 0.2) is 24.3 Å². The molecule has 0 radical (unpaired) electrons. The number of carbonyl (C=O) groups excluding carboxylic acids is 10. The van der Waals surface area contributed by atoms with Crippen LogP contribution in [0.1, 0.15) is 72.3 Å². The van der Waals surface area contributed by atoms with E-state index in [4.69, 9.17) is 17.2 Å². The number of nitrogens with zero attached hydrogens (tertiary/aromatic N) is 1. The third-order valence-corrected chi connectivity index (χ3v) is 9.57. The standard InChI is InChI=1S/C38H58N10O12/c1-18(2)30(32(41)54)46-37(59)31(19(3)4)47-36(58)27-7-6-14-48(27)38(60)25(15-21-8-10-22(51)11-9-21)45-34(56)24(16-29(40)53)44-33(55)23(12-13-28(39)52)43-35(57)26(17-49)42-20(5)50/h8-11,18-19,23-27,30-31,49,51H,6-7,12-17H2,1-5H3,(H2,39,52)(H2,40,53)(H2,41,54)(H,42,50)(H,43,57)(H,44,55)(H,45,56)(H,46,59)(H,47,58)/t23-,24-,25+,26-,27+,30+,31+/m1/s1. The predicted molar refractivity (Wildman–Crippen MR) is 212 cm³/mol. The summed E-state index contributed by atoms with van der Waals surface area (Å²) in [6, 6.07) is -3.91. The molecule has 7 atom stereocenters. The Morgan fingerprint density at radius 1 is 0.700 bits per heavy atom. The molecule has 0 bridgehead atoms. The second-order valence-electron chi connectivity index (χ2n) is 15.2. The second-order valence-corrected chi connectivity index (χ2v) is 15.2. The summed E-state index contributed by atoms with van der Waals surface area (Å²) in [5.74, 6) is -9.56. The Hall–Kier alpha value is -6.32. The molecule has 0 aliphatic carbocycles. The average Bonchev–Trinajstić information content (AvgIpc) is 3.66. The summed E-state index contributed by atoms with van der Waals surface area (Å²) >= 11 is 0. The van der Waals surface area contributed by atoms with Crippen molar-refractivity contribution in [3.8, 4) is 5.75 Å². The Kier molecular flexibility index (Phi) is 19.4. The molecule has 1 fully saturated rings. The number of nitrogens with one attached hydrogen (secondary N) is 6.